The molecule has 1 aliphatic rings. The number of hydrogen-bond donors (Lipinski definition) is 1. The first-order valence-corrected chi connectivity index (χ1v) is 5.90. The summed E-state index contributed by atoms with van der Waals surface area (Å²) in [5.41, 5.74) is 0.201. The van der Waals surface area contributed by atoms with E-state index in [0.717, 1.165) is 37.5 Å². The zero-order chi connectivity index (χ0) is 12.3. The van der Waals surface area contributed by atoms with E-state index in [-0.39, 0.29) is 18.1 Å². The van der Waals surface area contributed by atoms with Gasteiger partial charge in [0.25, 0.3) is 0 Å². The Kier molecular flexibility index (Phi) is 4.07. The average molecular weight is 242 g/mol. The van der Waals surface area contributed by atoms with E-state index < -0.39 is 17.7 Å². The molecule has 94 valence electrons. The Labute approximate surface area is 99.2 Å². The molecular formula is C13H16F2O2. The predicted molar refractivity (Wildman–Crippen MR) is 59.7 cm³/mol. The molecule has 0 radical (unpaired) electrons. The minimum absolute atomic E-state index is 0.0915. The van der Waals surface area contributed by atoms with Crippen molar-refractivity contribution in [1.82, 2.24) is 0 Å². The van der Waals surface area contributed by atoms with E-state index in [4.69, 9.17) is 4.74 Å². The highest BCUT2D eigenvalue weighted by Gasteiger charge is 2.23. The summed E-state index contributed by atoms with van der Waals surface area (Å²) in [4.78, 5) is 0. The lowest BCUT2D eigenvalue weighted by Gasteiger charge is -2.27. The van der Waals surface area contributed by atoms with Gasteiger partial charge in [-0.3, -0.25) is 0 Å². The molecule has 2 rings (SSSR count). The van der Waals surface area contributed by atoms with Crippen LogP contribution in [-0.4, -0.2) is 23.9 Å². The second-order valence-corrected chi connectivity index (χ2v) is 4.41. The molecule has 1 aromatic carbocycles. The van der Waals surface area contributed by atoms with Gasteiger partial charge >= 0.3 is 0 Å². The molecule has 2 atom stereocenters. The smallest absolute Gasteiger partial charge is 0.126 e. The molecule has 0 amide bonds. The van der Waals surface area contributed by atoms with Gasteiger partial charge in [0.05, 0.1) is 12.2 Å². The first-order chi connectivity index (χ1) is 8.16. The van der Waals surface area contributed by atoms with E-state index in [1.807, 2.05) is 0 Å². The van der Waals surface area contributed by atoms with Crippen molar-refractivity contribution in [1.29, 1.82) is 0 Å². The van der Waals surface area contributed by atoms with Gasteiger partial charge in [0.15, 0.2) is 0 Å². The third-order valence-electron chi connectivity index (χ3n) is 3.08. The lowest BCUT2D eigenvalue weighted by molar-refractivity contribution is -0.0613. The highest BCUT2D eigenvalue weighted by Crippen LogP contribution is 2.20. The van der Waals surface area contributed by atoms with Gasteiger partial charge in [-0.1, -0.05) is 0 Å². The van der Waals surface area contributed by atoms with Gasteiger partial charge < -0.3 is 9.84 Å². The van der Waals surface area contributed by atoms with E-state index in [0.29, 0.717) is 6.61 Å². The van der Waals surface area contributed by atoms with E-state index in [2.05, 4.69) is 0 Å². The van der Waals surface area contributed by atoms with Gasteiger partial charge in [-0.05, 0) is 43.0 Å². The monoisotopic (exact) mass is 242 g/mol. The first-order valence-electron chi connectivity index (χ1n) is 5.90. The normalized spacial score (nSPS) is 22.4. The van der Waals surface area contributed by atoms with Crippen molar-refractivity contribution in [2.24, 2.45) is 0 Å². The fraction of sp³-hybridized carbons (Fsp3) is 0.538. The molecule has 1 aromatic rings. The molecule has 1 saturated heterocycles. The summed E-state index contributed by atoms with van der Waals surface area (Å²) >= 11 is 0. The van der Waals surface area contributed by atoms with Crippen molar-refractivity contribution in [2.45, 2.75) is 37.9 Å². The number of ether oxygens (including phenoxy) is 1. The van der Waals surface area contributed by atoms with Crippen LogP contribution in [0.2, 0.25) is 0 Å². The van der Waals surface area contributed by atoms with Crippen LogP contribution in [0.5, 0.6) is 0 Å². The van der Waals surface area contributed by atoms with Crippen molar-refractivity contribution < 1.29 is 18.6 Å². The van der Waals surface area contributed by atoms with E-state index in [1.54, 1.807) is 0 Å². The maximum atomic E-state index is 13.4. The van der Waals surface area contributed by atoms with Crippen LogP contribution in [-0.2, 0) is 11.2 Å². The van der Waals surface area contributed by atoms with Crippen LogP contribution >= 0.6 is 0 Å². The van der Waals surface area contributed by atoms with Crippen LogP contribution in [0.4, 0.5) is 8.78 Å². The van der Waals surface area contributed by atoms with Gasteiger partial charge in [-0.2, -0.15) is 0 Å². The molecule has 1 aliphatic heterocycles. The zero-order valence-corrected chi connectivity index (χ0v) is 9.53. The Morgan fingerprint density at radius 1 is 1.35 bits per heavy atom. The molecule has 0 saturated carbocycles. The lowest BCUT2D eigenvalue weighted by Crippen LogP contribution is -2.33. The van der Waals surface area contributed by atoms with E-state index in [1.165, 1.54) is 0 Å². The van der Waals surface area contributed by atoms with Crippen molar-refractivity contribution in [3.8, 4) is 0 Å². The maximum absolute atomic E-state index is 13.4. The van der Waals surface area contributed by atoms with Crippen molar-refractivity contribution >= 4 is 0 Å². The van der Waals surface area contributed by atoms with E-state index in [9.17, 15) is 13.9 Å². The second kappa shape index (κ2) is 5.56. The van der Waals surface area contributed by atoms with Crippen LogP contribution in [0, 0.1) is 11.6 Å². The Hall–Kier alpha value is -1.00. The van der Waals surface area contributed by atoms with Crippen LogP contribution in [0.15, 0.2) is 18.2 Å². The predicted octanol–water partition coefficient (Wildman–Crippen LogP) is 2.44. The Morgan fingerprint density at radius 2 is 2.18 bits per heavy atom. The number of benzene rings is 1. The molecule has 0 spiro atoms. The molecule has 17 heavy (non-hydrogen) atoms. The van der Waals surface area contributed by atoms with Crippen LogP contribution in [0.3, 0.4) is 0 Å². The molecule has 2 unspecified atom stereocenters. The molecular weight excluding hydrogens is 226 g/mol. The Morgan fingerprint density at radius 3 is 2.88 bits per heavy atom. The molecule has 4 heteroatoms. The number of aliphatic hydroxyl groups is 1. The Bertz CT molecular complexity index is 376. The van der Waals surface area contributed by atoms with Gasteiger partial charge in [0.2, 0.25) is 0 Å². The van der Waals surface area contributed by atoms with Crippen molar-refractivity contribution in [3.63, 3.8) is 0 Å². The summed E-state index contributed by atoms with van der Waals surface area (Å²) in [5, 5.41) is 9.93. The fourth-order valence-electron chi connectivity index (χ4n) is 2.13. The third-order valence-corrected chi connectivity index (χ3v) is 3.08. The largest absolute Gasteiger partial charge is 0.390 e. The summed E-state index contributed by atoms with van der Waals surface area (Å²) in [5.74, 6) is -0.973. The fourth-order valence-corrected chi connectivity index (χ4v) is 2.13. The topological polar surface area (TPSA) is 29.5 Å². The number of aliphatic hydroxyl groups excluding tert-OH is 1. The van der Waals surface area contributed by atoms with Gasteiger partial charge in [-0.15, -0.1) is 0 Å². The van der Waals surface area contributed by atoms with Crippen molar-refractivity contribution in [3.05, 3.63) is 35.4 Å². The summed E-state index contributed by atoms with van der Waals surface area (Å²) < 4.78 is 31.8. The third kappa shape index (κ3) is 3.23. The average Bonchev–Trinajstić information content (AvgIpc) is 2.35. The summed E-state index contributed by atoms with van der Waals surface area (Å²) in [6.07, 6.45) is 1.84. The highest BCUT2D eigenvalue weighted by molar-refractivity contribution is 5.19. The molecule has 1 heterocycles. The molecule has 0 bridgehead atoms. The standard InChI is InChI=1S/C13H16F2O2/c14-10-4-5-11(15)9(7-10)8-12(16)13-3-1-2-6-17-13/h4-5,7,12-13,16H,1-3,6,8H2. The number of rotatable bonds is 3. The maximum Gasteiger partial charge on any atom is 0.126 e. The lowest BCUT2D eigenvalue weighted by atomic mass is 9.98. The van der Waals surface area contributed by atoms with Gasteiger partial charge in [0, 0.05) is 13.0 Å². The van der Waals surface area contributed by atoms with Gasteiger partial charge in [-0.25, -0.2) is 8.78 Å². The SMILES string of the molecule is OC(Cc1cc(F)ccc1F)C1CCCCO1. The number of halogens is 2. The Balaban J connectivity index is 2.01. The first kappa shape index (κ1) is 12.5. The quantitative estimate of drug-likeness (QED) is 0.882. The highest BCUT2D eigenvalue weighted by atomic mass is 19.1. The molecule has 0 aliphatic carbocycles. The molecule has 0 aromatic heterocycles. The van der Waals surface area contributed by atoms with Crippen LogP contribution in [0.1, 0.15) is 24.8 Å². The number of hydrogen-bond acceptors (Lipinski definition) is 2. The summed E-state index contributed by atoms with van der Waals surface area (Å²) in [6.45, 7) is 0.632. The molecule has 1 N–H and O–H groups in total. The molecule has 1 fully saturated rings. The van der Waals surface area contributed by atoms with Crippen LogP contribution < -0.4 is 0 Å². The summed E-state index contributed by atoms with van der Waals surface area (Å²) in [6, 6.07) is 3.28. The zero-order valence-electron chi connectivity index (χ0n) is 9.53. The van der Waals surface area contributed by atoms with Gasteiger partial charge in [0.1, 0.15) is 11.6 Å². The van der Waals surface area contributed by atoms with Crippen molar-refractivity contribution in [2.75, 3.05) is 6.61 Å². The van der Waals surface area contributed by atoms with E-state index >= 15 is 0 Å². The second-order valence-electron chi connectivity index (χ2n) is 4.41. The minimum Gasteiger partial charge on any atom is -0.390 e. The summed E-state index contributed by atoms with van der Waals surface area (Å²) in [7, 11) is 0. The minimum atomic E-state index is -0.772. The van der Waals surface area contributed by atoms with Crippen LogP contribution in [0.25, 0.3) is 0 Å². The molecule has 2 nitrogen and oxygen atoms in total.